The highest BCUT2D eigenvalue weighted by Gasteiger charge is 2.23. The van der Waals surface area contributed by atoms with E-state index >= 15 is 0 Å². The van der Waals surface area contributed by atoms with Crippen LogP contribution in [-0.2, 0) is 4.79 Å². The monoisotopic (exact) mass is 283 g/mol. The number of non-ortho nitro benzene ring substituents is 1. The molecule has 1 aromatic rings. The van der Waals surface area contributed by atoms with Gasteiger partial charge in [-0.3, -0.25) is 14.9 Å². The van der Waals surface area contributed by atoms with Crippen molar-refractivity contribution in [2.75, 3.05) is 5.32 Å². The third kappa shape index (κ3) is 4.27. The second-order valence-electron chi connectivity index (χ2n) is 5.65. The molecule has 0 aromatic heterocycles. The molecule has 0 bridgehead atoms. The number of nitro benzene ring substituents is 1. The molecular weight excluding hydrogens is 265 g/mol. The summed E-state index contributed by atoms with van der Waals surface area (Å²) in [5, 5.41) is 12.8. The van der Waals surface area contributed by atoms with Gasteiger partial charge in [0.05, 0.1) is 16.7 Å². The number of halogens is 1. The van der Waals surface area contributed by atoms with Gasteiger partial charge in [-0.1, -0.05) is 20.8 Å². The number of hydrogen-bond acceptors (Lipinski definition) is 4. The number of carbonyl (C=O) groups excluding carboxylic acids is 1. The quantitative estimate of drug-likeness (QED) is 0.655. The Labute approximate surface area is 116 Å². The standard InChI is InChI=1S/C13H18FN3O3/c1-13(2,3)11(15)7-12(18)16-10-5-4-8(17(19)20)6-9(10)14/h4-6,11H,7,15H2,1-3H3,(H,16,18). The zero-order valence-electron chi connectivity index (χ0n) is 11.6. The van der Waals surface area contributed by atoms with Crippen molar-refractivity contribution < 1.29 is 14.1 Å². The van der Waals surface area contributed by atoms with Gasteiger partial charge in [0, 0.05) is 18.5 Å². The molecule has 110 valence electrons. The average Bonchev–Trinajstić information content (AvgIpc) is 2.30. The normalized spacial score (nSPS) is 12.8. The van der Waals surface area contributed by atoms with Crippen molar-refractivity contribution in [3.8, 4) is 0 Å². The Hall–Kier alpha value is -2.02. The van der Waals surface area contributed by atoms with E-state index in [4.69, 9.17) is 5.73 Å². The Kier molecular flexibility index (Phi) is 4.78. The van der Waals surface area contributed by atoms with Gasteiger partial charge in [0.2, 0.25) is 5.91 Å². The highest BCUT2D eigenvalue weighted by molar-refractivity contribution is 5.91. The van der Waals surface area contributed by atoms with Gasteiger partial charge < -0.3 is 11.1 Å². The van der Waals surface area contributed by atoms with Gasteiger partial charge in [0.25, 0.3) is 5.69 Å². The number of anilines is 1. The fourth-order valence-corrected chi connectivity index (χ4v) is 1.43. The molecule has 0 spiro atoms. The molecule has 0 aliphatic carbocycles. The van der Waals surface area contributed by atoms with Crippen molar-refractivity contribution in [1.29, 1.82) is 0 Å². The molecule has 0 heterocycles. The molecule has 1 aromatic carbocycles. The number of hydrogen-bond donors (Lipinski definition) is 2. The summed E-state index contributed by atoms with van der Waals surface area (Å²) >= 11 is 0. The number of nitrogens with zero attached hydrogens (tertiary/aromatic N) is 1. The first kappa shape index (κ1) is 16.0. The van der Waals surface area contributed by atoms with Crippen molar-refractivity contribution in [3.05, 3.63) is 34.1 Å². The molecule has 1 rings (SSSR count). The second kappa shape index (κ2) is 5.96. The molecule has 0 fully saturated rings. The summed E-state index contributed by atoms with van der Waals surface area (Å²) in [5.74, 6) is -1.28. The molecule has 7 heteroatoms. The van der Waals surface area contributed by atoms with E-state index in [1.165, 1.54) is 0 Å². The molecule has 6 nitrogen and oxygen atoms in total. The summed E-state index contributed by atoms with van der Waals surface area (Å²) in [7, 11) is 0. The van der Waals surface area contributed by atoms with Crippen LogP contribution >= 0.6 is 0 Å². The van der Waals surface area contributed by atoms with Crippen molar-refractivity contribution in [2.24, 2.45) is 11.1 Å². The second-order valence-corrected chi connectivity index (χ2v) is 5.65. The lowest BCUT2D eigenvalue weighted by molar-refractivity contribution is -0.385. The van der Waals surface area contributed by atoms with Gasteiger partial charge in [0.1, 0.15) is 0 Å². The Balaban J connectivity index is 2.74. The van der Waals surface area contributed by atoms with Crippen LogP contribution in [0.5, 0.6) is 0 Å². The van der Waals surface area contributed by atoms with E-state index in [2.05, 4.69) is 5.32 Å². The molecule has 20 heavy (non-hydrogen) atoms. The maximum absolute atomic E-state index is 13.6. The molecule has 0 aliphatic rings. The number of carbonyl (C=O) groups is 1. The largest absolute Gasteiger partial charge is 0.327 e. The van der Waals surface area contributed by atoms with Crippen LogP contribution in [0.25, 0.3) is 0 Å². The van der Waals surface area contributed by atoms with Gasteiger partial charge in [-0.25, -0.2) is 4.39 Å². The summed E-state index contributed by atoms with van der Waals surface area (Å²) in [6, 6.07) is 2.68. The van der Waals surface area contributed by atoms with E-state index in [9.17, 15) is 19.3 Å². The minimum absolute atomic E-state index is 0.0416. The first-order valence-electron chi connectivity index (χ1n) is 6.10. The Morgan fingerprint density at radius 3 is 2.55 bits per heavy atom. The summed E-state index contributed by atoms with van der Waals surface area (Å²) < 4.78 is 13.6. The minimum Gasteiger partial charge on any atom is -0.327 e. The van der Waals surface area contributed by atoms with Crippen molar-refractivity contribution in [2.45, 2.75) is 33.2 Å². The van der Waals surface area contributed by atoms with Crippen LogP contribution in [0.15, 0.2) is 18.2 Å². The summed E-state index contributed by atoms with van der Waals surface area (Å²) in [6.07, 6.45) is 0.0416. The molecule has 0 saturated heterocycles. The summed E-state index contributed by atoms with van der Waals surface area (Å²) in [6.45, 7) is 5.70. The summed E-state index contributed by atoms with van der Waals surface area (Å²) in [4.78, 5) is 21.5. The zero-order chi connectivity index (χ0) is 15.5. The van der Waals surface area contributed by atoms with E-state index in [0.717, 1.165) is 18.2 Å². The van der Waals surface area contributed by atoms with E-state index < -0.39 is 16.6 Å². The third-order valence-electron chi connectivity index (χ3n) is 2.96. The number of rotatable bonds is 4. The molecule has 3 N–H and O–H groups in total. The van der Waals surface area contributed by atoms with Crippen molar-refractivity contribution in [3.63, 3.8) is 0 Å². The number of amides is 1. The van der Waals surface area contributed by atoms with Gasteiger partial charge in [-0.15, -0.1) is 0 Å². The zero-order valence-corrected chi connectivity index (χ0v) is 11.6. The van der Waals surface area contributed by atoms with E-state index in [1.807, 2.05) is 20.8 Å². The minimum atomic E-state index is -0.850. The van der Waals surface area contributed by atoms with Crippen LogP contribution in [0.4, 0.5) is 15.8 Å². The van der Waals surface area contributed by atoms with Crippen LogP contribution < -0.4 is 11.1 Å². The lowest BCUT2D eigenvalue weighted by Crippen LogP contribution is -2.38. The van der Waals surface area contributed by atoms with Crippen molar-refractivity contribution in [1.82, 2.24) is 0 Å². The van der Waals surface area contributed by atoms with Gasteiger partial charge >= 0.3 is 0 Å². The van der Waals surface area contributed by atoms with Crippen LogP contribution in [0.3, 0.4) is 0 Å². The molecule has 1 unspecified atom stereocenters. The number of nitro groups is 1. The SMILES string of the molecule is CC(C)(C)C(N)CC(=O)Nc1ccc([N+](=O)[O-])cc1F. The fourth-order valence-electron chi connectivity index (χ4n) is 1.43. The van der Waals surface area contributed by atoms with E-state index in [1.54, 1.807) is 0 Å². The molecule has 0 saturated carbocycles. The third-order valence-corrected chi connectivity index (χ3v) is 2.96. The van der Waals surface area contributed by atoms with Crippen LogP contribution in [-0.4, -0.2) is 16.9 Å². The lowest BCUT2D eigenvalue weighted by Gasteiger charge is -2.26. The molecule has 0 aliphatic heterocycles. The fraction of sp³-hybridized carbons (Fsp3) is 0.462. The van der Waals surface area contributed by atoms with Crippen molar-refractivity contribution >= 4 is 17.3 Å². The Morgan fingerprint density at radius 1 is 1.50 bits per heavy atom. The van der Waals surface area contributed by atoms with Crippen LogP contribution in [0, 0.1) is 21.3 Å². The van der Waals surface area contributed by atoms with Gasteiger partial charge in [-0.2, -0.15) is 0 Å². The van der Waals surface area contributed by atoms with Crippen LogP contribution in [0.1, 0.15) is 27.2 Å². The lowest BCUT2D eigenvalue weighted by atomic mass is 9.85. The average molecular weight is 283 g/mol. The van der Waals surface area contributed by atoms with Gasteiger partial charge in [0.15, 0.2) is 5.82 Å². The topological polar surface area (TPSA) is 98.3 Å². The summed E-state index contributed by atoms with van der Waals surface area (Å²) in [5.41, 5.74) is 5.15. The van der Waals surface area contributed by atoms with Crippen LogP contribution in [0.2, 0.25) is 0 Å². The first-order chi connectivity index (χ1) is 9.11. The maximum Gasteiger partial charge on any atom is 0.272 e. The number of nitrogens with two attached hydrogens (primary N) is 1. The number of nitrogens with one attached hydrogen (secondary N) is 1. The Bertz CT molecular complexity index is 526. The molecular formula is C13H18FN3O3. The highest BCUT2D eigenvalue weighted by Crippen LogP contribution is 2.22. The highest BCUT2D eigenvalue weighted by atomic mass is 19.1. The Morgan fingerprint density at radius 2 is 2.10 bits per heavy atom. The smallest absolute Gasteiger partial charge is 0.272 e. The molecule has 0 radical (unpaired) electrons. The number of benzene rings is 1. The van der Waals surface area contributed by atoms with Gasteiger partial charge in [-0.05, 0) is 11.5 Å². The maximum atomic E-state index is 13.6. The van der Waals surface area contributed by atoms with E-state index in [-0.39, 0.29) is 29.3 Å². The molecule has 1 amide bonds. The van der Waals surface area contributed by atoms with E-state index in [0.29, 0.717) is 0 Å². The predicted octanol–water partition coefficient (Wildman–Crippen LogP) is 2.44. The molecule has 1 atom stereocenters. The predicted molar refractivity (Wildman–Crippen MR) is 73.7 cm³/mol. The first-order valence-corrected chi connectivity index (χ1v) is 6.10.